The van der Waals surface area contributed by atoms with E-state index in [1.54, 1.807) is 0 Å². The molecular formula is C12H12F5N. The van der Waals surface area contributed by atoms with Gasteiger partial charge in [0, 0.05) is 36.1 Å². The maximum absolute atomic E-state index is 13.6. The van der Waals surface area contributed by atoms with Crippen molar-refractivity contribution in [2.24, 2.45) is 5.73 Å². The summed E-state index contributed by atoms with van der Waals surface area (Å²) < 4.78 is 66.0. The van der Waals surface area contributed by atoms with Crippen molar-refractivity contribution >= 4 is 0 Å². The first kappa shape index (κ1) is 13.3. The van der Waals surface area contributed by atoms with E-state index in [1.165, 1.54) is 0 Å². The standard InChI is InChI=1S/C12H12F5N/c13-7-5-8(14)10(9(15)6-7)11(18)1-3-12(16,17)4-2-11/h5-6H,1-4,18H2. The molecule has 0 spiro atoms. The molecule has 6 heteroatoms. The molecule has 0 bridgehead atoms. The van der Waals surface area contributed by atoms with Crippen molar-refractivity contribution < 1.29 is 22.0 Å². The lowest BCUT2D eigenvalue weighted by molar-refractivity contribution is -0.0522. The van der Waals surface area contributed by atoms with Crippen LogP contribution < -0.4 is 5.73 Å². The van der Waals surface area contributed by atoms with Gasteiger partial charge in [-0.2, -0.15) is 0 Å². The summed E-state index contributed by atoms with van der Waals surface area (Å²) in [5.74, 6) is -6.16. The predicted molar refractivity (Wildman–Crippen MR) is 55.6 cm³/mol. The molecule has 1 aliphatic rings. The molecule has 0 saturated heterocycles. The van der Waals surface area contributed by atoms with E-state index in [-0.39, 0.29) is 12.8 Å². The molecule has 0 radical (unpaired) electrons. The second kappa shape index (κ2) is 4.19. The van der Waals surface area contributed by atoms with E-state index in [1.807, 2.05) is 0 Å². The molecule has 0 amide bonds. The number of nitrogens with two attached hydrogens (primary N) is 1. The topological polar surface area (TPSA) is 26.0 Å². The normalized spacial score (nSPS) is 21.9. The monoisotopic (exact) mass is 265 g/mol. The minimum absolute atomic E-state index is 0.237. The van der Waals surface area contributed by atoms with E-state index in [9.17, 15) is 22.0 Å². The lowest BCUT2D eigenvalue weighted by Gasteiger charge is -2.37. The third kappa shape index (κ3) is 2.34. The minimum Gasteiger partial charge on any atom is -0.321 e. The number of hydrogen-bond acceptors (Lipinski definition) is 1. The van der Waals surface area contributed by atoms with Crippen LogP contribution in [0.25, 0.3) is 0 Å². The molecule has 0 heterocycles. The summed E-state index contributed by atoms with van der Waals surface area (Å²) in [7, 11) is 0. The highest BCUT2D eigenvalue weighted by Crippen LogP contribution is 2.43. The summed E-state index contributed by atoms with van der Waals surface area (Å²) in [6.07, 6.45) is -1.53. The second-order valence-electron chi connectivity index (χ2n) is 4.76. The highest BCUT2D eigenvalue weighted by atomic mass is 19.3. The average Bonchev–Trinajstić information content (AvgIpc) is 2.22. The zero-order valence-electron chi connectivity index (χ0n) is 9.45. The number of alkyl halides is 2. The molecule has 100 valence electrons. The molecule has 1 aromatic carbocycles. The zero-order valence-corrected chi connectivity index (χ0v) is 9.45. The Kier molecular flexibility index (Phi) is 3.09. The van der Waals surface area contributed by atoms with Crippen molar-refractivity contribution in [1.82, 2.24) is 0 Å². The first-order valence-electron chi connectivity index (χ1n) is 5.55. The van der Waals surface area contributed by atoms with E-state index in [0.29, 0.717) is 12.1 Å². The fraction of sp³-hybridized carbons (Fsp3) is 0.500. The van der Waals surface area contributed by atoms with Crippen molar-refractivity contribution in [3.8, 4) is 0 Å². The van der Waals surface area contributed by atoms with Gasteiger partial charge < -0.3 is 5.73 Å². The van der Waals surface area contributed by atoms with Gasteiger partial charge in [0.15, 0.2) is 0 Å². The van der Waals surface area contributed by atoms with Crippen LogP contribution in [0.2, 0.25) is 0 Å². The Morgan fingerprint density at radius 2 is 1.33 bits per heavy atom. The van der Waals surface area contributed by atoms with E-state index >= 15 is 0 Å². The molecule has 0 unspecified atom stereocenters. The molecule has 1 saturated carbocycles. The maximum atomic E-state index is 13.6. The van der Waals surface area contributed by atoms with Gasteiger partial charge in [-0.3, -0.25) is 0 Å². The Morgan fingerprint density at radius 3 is 1.78 bits per heavy atom. The van der Waals surface area contributed by atoms with Crippen LogP contribution in [0.3, 0.4) is 0 Å². The summed E-state index contributed by atoms with van der Waals surface area (Å²) >= 11 is 0. The summed E-state index contributed by atoms with van der Waals surface area (Å²) in [4.78, 5) is 0. The Bertz CT molecular complexity index is 439. The lowest BCUT2D eigenvalue weighted by Crippen LogP contribution is -2.44. The zero-order chi connectivity index (χ0) is 13.6. The Morgan fingerprint density at radius 1 is 0.889 bits per heavy atom. The van der Waals surface area contributed by atoms with E-state index in [2.05, 4.69) is 0 Å². The van der Waals surface area contributed by atoms with Crippen molar-refractivity contribution in [3.05, 3.63) is 35.1 Å². The van der Waals surface area contributed by atoms with Gasteiger partial charge in [-0.05, 0) is 12.8 Å². The van der Waals surface area contributed by atoms with E-state index in [0.717, 1.165) is 0 Å². The molecule has 0 atom stereocenters. The quantitative estimate of drug-likeness (QED) is 0.773. The molecule has 1 aliphatic carbocycles. The van der Waals surface area contributed by atoms with Crippen LogP contribution in [-0.2, 0) is 5.54 Å². The molecular weight excluding hydrogens is 253 g/mol. The third-order valence-electron chi connectivity index (χ3n) is 3.38. The second-order valence-corrected chi connectivity index (χ2v) is 4.76. The van der Waals surface area contributed by atoms with Gasteiger partial charge in [0.2, 0.25) is 5.92 Å². The third-order valence-corrected chi connectivity index (χ3v) is 3.38. The van der Waals surface area contributed by atoms with Crippen LogP contribution in [0.4, 0.5) is 22.0 Å². The van der Waals surface area contributed by atoms with Crippen LogP contribution in [0, 0.1) is 17.5 Å². The summed E-state index contributed by atoms with van der Waals surface area (Å²) in [6, 6.07) is 1.03. The molecule has 1 fully saturated rings. The first-order valence-corrected chi connectivity index (χ1v) is 5.55. The van der Waals surface area contributed by atoms with Crippen LogP contribution in [0.15, 0.2) is 12.1 Å². The highest BCUT2D eigenvalue weighted by Gasteiger charge is 2.44. The number of benzene rings is 1. The van der Waals surface area contributed by atoms with Crippen LogP contribution >= 0.6 is 0 Å². The summed E-state index contributed by atoms with van der Waals surface area (Å²) in [6.45, 7) is 0. The number of halogens is 5. The molecule has 0 aliphatic heterocycles. The fourth-order valence-electron chi connectivity index (χ4n) is 2.33. The Hall–Kier alpha value is -1.17. The number of hydrogen-bond donors (Lipinski definition) is 1. The van der Waals surface area contributed by atoms with Crippen molar-refractivity contribution in [3.63, 3.8) is 0 Å². The van der Waals surface area contributed by atoms with Gasteiger partial charge in [0.1, 0.15) is 17.5 Å². The van der Waals surface area contributed by atoms with Gasteiger partial charge in [0.25, 0.3) is 0 Å². The first-order chi connectivity index (χ1) is 8.23. The average molecular weight is 265 g/mol. The SMILES string of the molecule is NC1(c2c(F)cc(F)cc2F)CCC(F)(F)CC1. The fourth-order valence-corrected chi connectivity index (χ4v) is 2.33. The molecule has 2 N–H and O–H groups in total. The predicted octanol–water partition coefficient (Wildman–Crippen LogP) is 3.47. The highest BCUT2D eigenvalue weighted by molar-refractivity contribution is 5.29. The van der Waals surface area contributed by atoms with E-state index < -0.39 is 47.3 Å². The smallest absolute Gasteiger partial charge is 0.248 e. The molecule has 2 rings (SSSR count). The van der Waals surface area contributed by atoms with Crippen molar-refractivity contribution in [1.29, 1.82) is 0 Å². The molecule has 0 aromatic heterocycles. The molecule has 18 heavy (non-hydrogen) atoms. The Balaban J connectivity index is 2.37. The van der Waals surface area contributed by atoms with Crippen LogP contribution in [0.5, 0.6) is 0 Å². The van der Waals surface area contributed by atoms with Gasteiger partial charge >= 0.3 is 0 Å². The van der Waals surface area contributed by atoms with Crippen LogP contribution in [0.1, 0.15) is 31.2 Å². The largest absolute Gasteiger partial charge is 0.321 e. The van der Waals surface area contributed by atoms with Crippen molar-refractivity contribution in [2.75, 3.05) is 0 Å². The lowest BCUT2D eigenvalue weighted by atomic mass is 9.75. The van der Waals surface area contributed by atoms with Gasteiger partial charge in [-0.25, -0.2) is 22.0 Å². The van der Waals surface area contributed by atoms with E-state index in [4.69, 9.17) is 5.73 Å². The van der Waals surface area contributed by atoms with Gasteiger partial charge in [-0.15, -0.1) is 0 Å². The Labute approximate surface area is 101 Å². The van der Waals surface area contributed by atoms with Gasteiger partial charge in [0.05, 0.1) is 0 Å². The van der Waals surface area contributed by atoms with Crippen LogP contribution in [-0.4, -0.2) is 5.92 Å². The molecule has 1 aromatic rings. The van der Waals surface area contributed by atoms with Crippen molar-refractivity contribution in [2.45, 2.75) is 37.1 Å². The minimum atomic E-state index is -2.85. The number of rotatable bonds is 1. The van der Waals surface area contributed by atoms with Gasteiger partial charge in [-0.1, -0.05) is 0 Å². The summed E-state index contributed by atoms with van der Waals surface area (Å²) in [5, 5.41) is 0. The molecule has 1 nitrogen and oxygen atoms in total. The summed E-state index contributed by atoms with van der Waals surface area (Å²) in [5.41, 5.74) is 3.82. The maximum Gasteiger partial charge on any atom is 0.248 e.